The lowest BCUT2D eigenvalue weighted by molar-refractivity contribution is -0.120. The molecule has 1 atom stereocenters. The Morgan fingerprint density at radius 1 is 1.11 bits per heavy atom. The summed E-state index contributed by atoms with van der Waals surface area (Å²) in [6.07, 6.45) is 5.15. The Kier molecular flexibility index (Phi) is 4.18. The van der Waals surface area contributed by atoms with Crippen LogP contribution in [0.2, 0.25) is 0 Å². The number of carbonyl (C=O) groups excluding carboxylic acids is 2. The smallest absolute Gasteiger partial charge is 0.264 e. The van der Waals surface area contributed by atoms with Gasteiger partial charge in [0.1, 0.15) is 17.4 Å². The zero-order valence-corrected chi connectivity index (χ0v) is 14.2. The van der Waals surface area contributed by atoms with Crippen molar-refractivity contribution < 1.29 is 14.7 Å². The van der Waals surface area contributed by atoms with Crippen molar-refractivity contribution in [2.45, 2.75) is 6.04 Å². The van der Waals surface area contributed by atoms with Gasteiger partial charge in [0.05, 0.1) is 6.33 Å². The molecule has 134 valence electrons. The second-order valence-corrected chi connectivity index (χ2v) is 6.05. The van der Waals surface area contributed by atoms with Crippen LogP contribution in [0.3, 0.4) is 0 Å². The second-order valence-electron chi connectivity index (χ2n) is 6.05. The SMILES string of the molecule is O=C(Nc1ccc(-n2ccnc2)cc1)C1=C(O)C(c2ccccc2)NC1=O. The van der Waals surface area contributed by atoms with E-state index in [0.29, 0.717) is 11.3 Å². The zero-order chi connectivity index (χ0) is 18.8. The van der Waals surface area contributed by atoms with E-state index < -0.39 is 17.9 Å². The molecule has 3 aromatic rings. The highest BCUT2D eigenvalue weighted by Gasteiger charge is 2.36. The molecule has 0 saturated heterocycles. The van der Waals surface area contributed by atoms with Gasteiger partial charge in [-0.3, -0.25) is 9.59 Å². The van der Waals surface area contributed by atoms with Crippen LogP contribution in [0, 0.1) is 0 Å². The Morgan fingerprint density at radius 2 is 1.85 bits per heavy atom. The van der Waals surface area contributed by atoms with Gasteiger partial charge < -0.3 is 20.3 Å². The van der Waals surface area contributed by atoms with Gasteiger partial charge in [-0.05, 0) is 29.8 Å². The summed E-state index contributed by atoms with van der Waals surface area (Å²) in [5.74, 6) is -1.54. The van der Waals surface area contributed by atoms with E-state index in [2.05, 4.69) is 15.6 Å². The first-order valence-electron chi connectivity index (χ1n) is 8.32. The van der Waals surface area contributed by atoms with Crippen LogP contribution in [0.5, 0.6) is 0 Å². The Hall–Kier alpha value is -3.87. The van der Waals surface area contributed by atoms with E-state index in [1.165, 1.54) is 0 Å². The molecule has 2 aromatic carbocycles. The molecular formula is C20H16N4O3. The van der Waals surface area contributed by atoms with Gasteiger partial charge >= 0.3 is 0 Å². The molecule has 3 N–H and O–H groups in total. The van der Waals surface area contributed by atoms with E-state index in [1.54, 1.807) is 48.9 Å². The maximum atomic E-state index is 12.5. The molecule has 0 radical (unpaired) electrons. The van der Waals surface area contributed by atoms with E-state index >= 15 is 0 Å². The summed E-state index contributed by atoms with van der Waals surface area (Å²) in [5.41, 5.74) is 1.83. The predicted molar refractivity (Wildman–Crippen MR) is 99.2 cm³/mol. The fourth-order valence-electron chi connectivity index (χ4n) is 2.96. The number of amides is 2. The number of anilines is 1. The number of nitrogens with one attached hydrogen (secondary N) is 2. The molecule has 0 saturated carbocycles. The minimum atomic E-state index is -0.719. The fourth-order valence-corrected chi connectivity index (χ4v) is 2.96. The third kappa shape index (κ3) is 3.18. The number of aromatic nitrogens is 2. The lowest BCUT2D eigenvalue weighted by Gasteiger charge is -2.10. The summed E-state index contributed by atoms with van der Waals surface area (Å²) < 4.78 is 1.83. The highest BCUT2D eigenvalue weighted by Crippen LogP contribution is 2.28. The number of benzene rings is 2. The number of hydrogen-bond donors (Lipinski definition) is 3. The Labute approximate surface area is 155 Å². The topological polar surface area (TPSA) is 96.2 Å². The molecule has 0 spiro atoms. The maximum Gasteiger partial charge on any atom is 0.264 e. The summed E-state index contributed by atoms with van der Waals surface area (Å²) in [6, 6.07) is 15.3. The first-order chi connectivity index (χ1) is 13.1. The first kappa shape index (κ1) is 16.6. The molecule has 2 heterocycles. The van der Waals surface area contributed by atoms with Crippen molar-refractivity contribution in [3.63, 3.8) is 0 Å². The molecule has 1 aromatic heterocycles. The van der Waals surface area contributed by atoms with Crippen LogP contribution in [0.1, 0.15) is 11.6 Å². The van der Waals surface area contributed by atoms with Crippen LogP contribution >= 0.6 is 0 Å². The van der Waals surface area contributed by atoms with Crippen LogP contribution in [-0.2, 0) is 9.59 Å². The number of carbonyl (C=O) groups is 2. The summed E-state index contributed by atoms with van der Waals surface area (Å²) in [5, 5.41) is 15.7. The van der Waals surface area contributed by atoms with Crippen molar-refractivity contribution in [1.82, 2.24) is 14.9 Å². The molecule has 7 nitrogen and oxygen atoms in total. The highest BCUT2D eigenvalue weighted by atomic mass is 16.3. The summed E-state index contributed by atoms with van der Waals surface area (Å²) in [4.78, 5) is 28.7. The summed E-state index contributed by atoms with van der Waals surface area (Å²) >= 11 is 0. The zero-order valence-electron chi connectivity index (χ0n) is 14.2. The van der Waals surface area contributed by atoms with Crippen LogP contribution in [0.15, 0.2) is 84.7 Å². The Morgan fingerprint density at radius 3 is 2.52 bits per heavy atom. The molecule has 0 bridgehead atoms. The van der Waals surface area contributed by atoms with Gasteiger partial charge in [-0.25, -0.2) is 4.98 Å². The normalized spacial score (nSPS) is 16.3. The molecule has 2 amide bonds. The van der Waals surface area contributed by atoms with Gasteiger partial charge in [0, 0.05) is 23.8 Å². The van der Waals surface area contributed by atoms with Crippen molar-refractivity contribution >= 4 is 17.5 Å². The highest BCUT2D eigenvalue weighted by molar-refractivity contribution is 6.24. The van der Waals surface area contributed by atoms with Crippen LogP contribution in [0.4, 0.5) is 5.69 Å². The molecule has 1 unspecified atom stereocenters. The first-order valence-corrected chi connectivity index (χ1v) is 8.32. The third-order valence-corrected chi connectivity index (χ3v) is 4.32. The second kappa shape index (κ2) is 6.80. The minimum absolute atomic E-state index is 0.275. The van der Waals surface area contributed by atoms with Crippen LogP contribution in [0.25, 0.3) is 5.69 Å². The molecule has 1 aliphatic rings. The Balaban J connectivity index is 1.53. The number of nitrogens with zero attached hydrogens (tertiary/aromatic N) is 2. The average Bonchev–Trinajstić information content (AvgIpc) is 3.31. The van der Waals surface area contributed by atoms with E-state index in [0.717, 1.165) is 5.69 Å². The van der Waals surface area contributed by atoms with Crippen LogP contribution < -0.4 is 10.6 Å². The van der Waals surface area contributed by atoms with Crippen molar-refractivity contribution in [3.05, 3.63) is 90.2 Å². The largest absolute Gasteiger partial charge is 0.509 e. The third-order valence-electron chi connectivity index (χ3n) is 4.32. The molecule has 0 aliphatic carbocycles. The number of aliphatic hydroxyl groups excluding tert-OH is 1. The minimum Gasteiger partial charge on any atom is -0.509 e. The van der Waals surface area contributed by atoms with E-state index in [1.807, 2.05) is 29.0 Å². The molecule has 4 rings (SSSR count). The number of hydrogen-bond acceptors (Lipinski definition) is 4. The number of imidazole rings is 1. The summed E-state index contributed by atoms with van der Waals surface area (Å²) in [7, 11) is 0. The van der Waals surface area contributed by atoms with Crippen molar-refractivity contribution in [2.75, 3.05) is 5.32 Å². The van der Waals surface area contributed by atoms with Gasteiger partial charge in [-0.15, -0.1) is 0 Å². The van der Waals surface area contributed by atoms with Crippen LogP contribution in [-0.4, -0.2) is 26.5 Å². The van der Waals surface area contributed by atoms with E-state index in [4.69, 9.17) is 0 Å². The van der Waals surface area contributed by atoms with Gasteiger partial charge in [0.15, 0.2) is 0 Å². The maximum absolute atomic E-state index is 12.5. The van der Waals surface area contributed by atoms with Gasteiger partial charge in [-0.1, -0.05) is 30.3 Å². The lowest BCUT2D eigenvalue weighted by atomic mass is 10.1. The fraction of sp³-hybridized carbons (Fsp3) is 0.0500. The van der Waals surface area contributed by atoms with E-state index in [-0.39, 0.29) is 11.3 Å². The monoisotopic (exact) mass is 360 g/mol. The van der Waals surface area contributed by atoms with Gasteiger partial charge in [0.2, 0.25) is 0 Å². The molecule has 0 fully saturated rings. The molecular weight excluding hydrogens is 344 g/mol. The standard InChI is InChI=1S/C20H16N4O3/c25-18-16(20(27)23-17(18)13-4-2-1-3-5-13)19(26)22-14-6-8-15(9-7-14)24-11-10-21-12-24/h1-12,17,25H,(H,22,26)(H,23,27). The molecule has 27 heavy (non-hydrogen) atoms. The molecule has 7 heteroatoms. The molecule has 1 aliphatic heterocycles. The predicted octanol–water partition coefficient (Wildman–Crippen LogP) is 2.49. The Bertz CT molecular complexity index is 1010. The average molecular weight is 360 g/mol. The number of rotatable bonds is 4. The van der Waals surface area contributed by atoms with Crippen molar-refractivity contribution in [3.8, 4) is 5.69 Å². The van der Waals surface area contributed by atoms with Crippen molar-refractivity contribution in [2.24, 2.45) is 0 Å². The van der Waals surface area contributed by atoms with Gasteiger partial charge in [-0.2, -0.15) is 0 Å². The van der Waals surface area contributed by atoms with Crippen molar-refractivity contribution in [1.29, 1.82) is 0 Å². The lowest BCUT2D eigenvalue weighted by Crippen LogP contribution is -2.26. The summed E-state index contributed by atoms with van der Waals surface area (Å²) in [6.45, 7) is 0. The number of aliphatic hydroxyl groups is 1. The van der Waals surface area contributed by atoms with Gasteiger partial charge in [0.25, 0.3) is 11.8 Å². The van der Waals surface area contributed by atoms with E-state index in [9.17, 15) is 14.7 Å². The quantitative estimate of drug-likeness (QED) is 0.623.